The Labute approximate surface area is 353 Å². The second-order valence-electron chi connectivity index (χ2n) is 16.2. The molecule has 4 aliphatic heterocycles. The zero-order valence-electron chi connectivity index (χ0n) is 33.6. The minimum atomic E-state index is -5.00. The molecule has 6 bridgehead atoms. The highest BCUT2D eigenvalue weighted by Gasteiger charge is 2.43. The average molecular weight is 871 g/mol. The van der Waals surface area contributed by atoms with Crippen molar-refractivity contribution in [1.29, 1.82) is 0 Å². The number of likely N-dealkylation sites (tertiary alicyclic amines) is 1. The van der Waals surface area contributed by atoms with E-state index in [1.807, 2.05) is 19.1 Å². The van der Waals surface area contributed by atoms with Gasteiger partial charge in [0.15, 0.2) is 0 Å². The van der Waals surface area contributed by atoms with Gasteiger partial charge in [0.2, 0.25) is 5.91 Å². The van der Waals surface area contributed by atoms with Crippen molar-refractivity contribution in [2.24, 2.45) is 0 Å². The molecule has 4 aromatic rings. The lowest BCUT2D eigenvalue weighted by atomic mass is 9.91. The fourth-order valence-electron chi connectivity index (χ4n) is 9.06. The topological polar surface area (TPSA) is 102 Å². The summed E-state index contributed by atoms with van der Waals surface area (Å²) in [5, 5.41) is 2.58. The van der Waals surface area contributed by atoms with Crippen molar-refractivity contribution in [2.45, 2.75) is 81.8 Å². The third-order valence-corrected chi connectivity index (χ3v) is 12.5. The fourth-order valence-corrected chi connectivity index (χ4v) is 9.47. The van der Waals surface area contributed by atoms with Crippen LogP contribution in [0.1, 0.15) is 65.6 Å². The highest BCUT2D eigenvalue weighted by atomic mass is 32.1. The zero-order valence-corrected chi connectivity index (χ0v) is 34.5. The van der Waals surface area contributed by atoms with E-state index in [1.54, 1.807) is 17.9 Å². The van der Waals surface area contributed by atoms with E-state index >= 15 is 8.78 Å². The number of anilines is 1. The molecular weight excluding hydrogens is 827 g/mol. The number of pyridine rings is 1. The van der Waals surface area contributed by atoms with Crippen molar-refractivity contribution in [3.63, 3.8) is 0 Å². The molecular formula is C44H44F6N4O6S. The molecule has 3 fully saturated rings. The molecule has 4 atom stereocenters. The van der Waals surface area contributed by atoms with Crippen LogP contribution in [0.4, 0.5) is 32.0 Å². The molecule has 0 saturated carbocycles. The molecule has 10 nitrogen and oxygen atoms in total. The van der Waals surface area contributed by atoms with Crippen molar-refractivity contribution >= 4 is 30.2 Å². The van der Waals surface area contributed by atoms with Crippen molar-refractivity contribution in [3.05, 3.63) is 110 Å². The molecule has 17 heteroatoms. The number of fused-ring (bicyclic) bond motifs is 8. The Morgan fingerprint density at radius 1 is 1.00 bits per heavy atom. The van der Waals surface area contributed by atoms with Crippen LogP contribution < -0.4 is 20.5 Å². The van der Waals surface area contributed by atoms with Crippen LogP contribution in [0.2, 0.25) is 0 Å². The Balaban J connectivity index is 1.36. The molecule has 3 saturated heterocycles. The number of amides is 1. The lowest BCUT2D eigenvalue weighted by molar-refractivity contribution is -0.144. The van der Waals surface area contributed by atoms with Gasteiger partial charge in [-0.1, -0.05) is 0 Å². The third-order valence-electron chi connectivity index (χ3n) is 11.9. The highest BCUT2D eigenvalue weighted by Crippen LogP contribution is 2.46. The third kappa shape index (κ3) is 8.23. The smallest absolute Gasteiger partial charge is 0.416 e. The van der Waals surface area contributed by atoms with E-state index < -0.39 is 75.4 Å². The molecule has 61 heavy (non-hydrogen) atoms. The maximum Gasteiger partial charge on any atom is 0.416 e. The summed E-state index contributed by atoms with van der Waals surface area (Å²) in [5.41, 5.74) is -1.18. The SMILES string of the molecule is CCOC(=O)C[C@@]1(S)NC(=O)[C@@H](n2cc(CCN3CC(F)C3)c(C(F)(F)F)cc2=O)c2cc(ccc2F)Oc2cc(N3C4CCC3COC4)cc(C)c2-c2cc(C)c(F)c1c2. The Morgan fingerprint density at radius 3 is 2.39 bits per heavy atom. The van der Waals surface area contributed by atoms with Crippen LogP contribution in [0, 0.1) is 25.5 Å². The van der Waals surface area contributed by atoms with Gasteiger partial charge in [-0.25, -0.2) is 13.2 Å². The van der Waals surface area contributed by atoms with E-state index in [0.29, 0.717) is 40.5 Å². The van der Waals surface area contributed by atoms with Crippen molar-refractivity contribution in [1.82, 2.24) is 14.8 Å². The molecule has 0 radical (unpaired) electrons. The summed E-state index contributed by atoms with van der Waals surface area (Å²) in [6.07, 6.45) is -4.52. The Bertz CT molecular complexity index is 2440. The van der Waals surface area contributed by atoms with E-state index in [9.17, 15) is 31.9 Å². The number of thiol groups is 1. The fraction of sp³-hybridized carbons (Fsp3) is 0.432. The van der Waals surface area contributed by atoms with Gasteiger partial charge in [0.25, 0.3) is 5.56 Å². The molecule has 4 aliphatic rings. The van der Waals surface area contributed by atoms with Crippen LogP contribution in [0.5, 0.6) is 11.5 Å². The standard InChI is InChI=1S/C44H44F6N4O6S/c1-4-59-38(56)17-43(61)34-13-26(11-24(3)40(34)47)39-23(2)12-30(54-28-5-6-29(54)22-58-21-28)14-36(39)60-31-7-8-35(46)32(15-31)41(42(57)51-43)53-18-25(9-10-52-19-27(45)20-52)33(16-37(53)55)44(48,49)50/h7-8,11-16,18,27-29,41,61H,4-6,9-10,17,19-22H2,1-3H3,(H,51,57)/t28?,29?,41-,43-/m0/s1. The number of ether oxygens (including phenoxy) is 3. The van der Waals surface area contributed by atoms with Gasteiger partial charge in [-0.2, -0.15) is 13.2 Å². The monoisotopic (exact) mass is 870 g/mol. The summed E-state index contributed by atoms with van der Waals surface area (Å²) >= 11 is 4.77. The Kier molecular flexibility index (Phi) is 11.4. The summed E-state index contributed by atoms with van der Waals surface area (Å²) < 4.78 is 108. The quantitative estimate of drug-likeness (QED) is 0.107. The van der Waals surface area contributed by atoms with Gasteiger partial charge in [-0.05, 0) is 98.7 Å². The van der Waals surface area contributed by atoms with Gasteiger partial charge in [0, 0.05) is 60.3 Å². The van der Waals surface area contributed by atoms with E-state index in [4.69, 9.17) is 26.8 Å². The van der Waals surface area contributed by atoms with Crippen LogP contribution >= 0.6 is 12.6 Å². The number of morpholine rings is 1. The Hall–Kier alpha value is -5.00. The molecule has 1 N–H and O–H groups in total. The summed E-state index contributed by atoms with van der Waals surface area (Å²) in [5.74, 6) is -3.70. The number of alkyl halides is 4. The van der Waals surface area contributed by atoms with E-state index in [1.165, 1.54) is 25.1 Å². The number of aryl methyl sites for hydroxylation is 2. The first-order valence-corrected chi connectivity index (χ1v) is 20.6. The average Bonchev–Trinajstić information content (AvgIpc) is 3.42. The summed E-state index contributed by atoms with van der Waals surface area (Å²) in [7, 11) is 0. The van der Waals surface area contributed by atoms with Crippen LogP contribution in [0.3, 0.4) is 0 Å². The molecule has 2 unspecified atom stereocenters. The number of rotatable bonds is 8. The highest BCUT2D eigenvalue weighted by molar-refractivity contribution is 7.81. The molecule has 3 aromatic carbocycles. The second-order valence-corrected chi connectivity index (χ2v) is 17.0. The van der Waals surface area contributed by atoms with Gasteiger partial charge in [0.1, 0.15) is 40.2 Å². The molecule has 0 spiro atoms. The lowest BCUT2D eigenvalue weighted by Gasteiger charge is -2.37. The maximum atomic E-state index is 16.7. The summed E-state index contributed by atoms with van der Waals surface area (Å²) in [6, 6.07) is 8.80. The lowest BCUT2D eigenvalue weighted by Crippen LogP contribution is -2.49. The van der Waals surface area contributed by atoms with Gasteiger partial charge in [-0.15, -0.1) is 12.6 Å². The number of nitrogens with one attached hydrogen (secondary N) is 1. The van der Waals surface area contributed by atoms with Crippen molar-refractivity contribution < 1.29 is 50.1 Å². The Morgan fingerprint density at radius 2 is 1.72 bits per heavy atom. The van der Waals surface area contributed by atoms with Crippen LogP contribution in [-0.4, -0.2) is 79.1 Å². The minimum Gasteiger partial charge on any atom is -0.466 e. The van der Waals surface area contributed by atoms with Gasteiger partial charge >= 0.3 is 12.1 Å². The number of aromatic nitrogens is 1. The minimum absolute atomic E-state index is 0.00271. The van der Waals surface area contributed by atoms with E-state index in [0.717, 1.165) is 30.8 Å². The molecule has 1 amide bonds. The number of halogens is 6. The number of benzene rings is 3. The van der Waals surface area contributed by atoms with Crippen LogP contribution in [-0.2, 0) is 36.5 Å². The number of carbonyl (C=O) groups is 2. The van der Waals surface area contributed by atoms with E-state index in [2.05, 4.69) is 10.2 Å². The van der Waals surface area contributed by atoms with Crippen LogP contribution in [0.25, 0.3) is 11.1 Å². The summed E-state index contributed by atoms with van der Waals surface area (Å²) in [4.78, 5) is 43.7. The normalized spacial score (nSPS) is 22.9. The van der Waals surface area contributed by atoms with Gasteiger partial charge in [0.05, 0.1) is 43.9 Å². The molecule has 1 aromatic heterocycles. The first kappa shape index (κ1) is 42.7. The predicted molar refractivity (Wildman–Crippen MR) is 217 cm³/mol. The molecule has 5 heterocycles. The summed E-state index contributed by atoms with van der Waals surface area (Å²) in [6.45, 7) is 5.92. The number of nitrogens with zero attached hydrogens (tertiary/aromatic N) is 3. The van der Waals surface area contributed by atoms with Gasteiger partial charge < -0.3 is 24.4 Å². The second kappa shape index (κ2) is 16.4. The molecule has 0 aliphatic carbocycles. The zero-order chi connectivity index (χ0) is 43.5. The number of hydrogen-bond acceptors (Lipinski definition) is 9. The van der Waals surface area contributed by atoms with E-state index in [-0.39, 0.29) is 67.4 Å². The molecule has 8 rings (SSSR count). The first-order chi connectivity index (χ1) is 28.9. The number of esters is 1. The van der Waals surface area contributed by atoms with Crippen LogP contribution in [0.15, 0.2) is 59.5 Å². The molecule has 324 valence electrons. The largest absolute Gasteiger partial charge is 0.466 e. The number of hydrogen-bond donors (Lipinski definition) is 2. The van der Waals surface area contributed by atoms with Gasteiger partial charge in [-0.3, -0.25) is 23.9 Å². The van der Waals surface area contributed by atoms with Crippen molar-refractivity contribution in [3.8, 4) is 22.6 Å². The van der Waals surface area contributed by atoms with Crippen molar-refractivity contribution in [2.75, 3.05) is 44.4 Å². The first-order valence-electron chi connectivity index (χ1n) is 20.1. The maximum absolute atomic E-state index is 16.7. The predicted octanol–water partition coefficient (Wildman–Crippen LogP) is 7.54. The number of carbonyl (C=O) groups excluding carboxylic acids is 2.